The first kappa shape index (κ1) is 19.6. The van der Waals surface area contributed by atoms with Gasteiger partial charge in [-0.05, 0) is 27.7 Å². The van der Waals surface area contributed by atoms with Gasteiger partial charge in [-0.1, -0.05) is 29.8 Å². The maximum Gasteiger partial charge on any atom is 0.352 e. The lowest BCUT2D eigenvalue weighted by Crippen LogP contribution is -2.33. The molecule has 0 N–H and O–H groups in total. The molecule has 7 heteroatoms. The molecule has 0 bridgehead atoms. The van der Waals surface area contributed by atoms with Crippen LogP contribution in [-0.2, 0) is 23.1 Å². The molecule has 0 aliphatic carbocycles. The number of esters is 1. The summed E-state index contributed by atoms with van der Waals surface area (Å²) in [6, 6.07) is 6.63. The van der Waals surface area contributed by atoms with E-state index in [9.17, 15) is 14.2 Å². The Bertz CT molecular complexity index is 571. The van der Waals surface area contributed by atoms with Crippen LogP contribution in [0.5, 0.6) is 0 Å². The Morgan fingerprint density at radius 1 is 1.00 bits per heavy atom. The van der Waals surface area contributed by atoms with Gasteiger partial charge in [0.25, 0.3) is 0 Å². The molecule has 0 fully saturated rings. The molecule has 0 radical (unpaired) electrons. The predicted molar refractivity (Wildman–Crippen MR) is 86.8 cm³/mol. The largest absolute Gasteiger partial charge is 0.465 e. The van der Waals surface area contributed by atoms with Gasteiger partial charge in [0.1, 0.15) is 0 Å². The van der Waals surface area contributed by atoms with Gasteiger partial charge in [-0.2, -0.15) is 0 Å². The van der Waals surface area contributed by atoms with Gasteiger partial charge in [-0.3, -0.25) is 14.2 Å². The monoisotopic (exact) mass is 342 g/mol. The van der Waals surface area contributed by atoms with Crippen molar-refractivity contribution in [1.29, 1.82) is 0 Å². The number of benzene rings is 1. The van der Waals surface area contributed by atoms with Crippen molar-refractivity contribution in [3.05, 3.63) is 35.4 Å². The number of ketones is 1. The maximum absolute atomic E-state index is 12.9. The Balaban J connectivity index is 3.27. The van der Waals surface area contributed by atoms with Crippen molar-refractivity contribution >= 4 is 19.3 Å². The molecule has 0 saturated heterocycles. The molecule has 0 amide bonds. The summed E-state index contributed by atoms with van der Waals surface area (Å²) in [5.74, 6) is -1.53. The van der Waals surface area contributed by atoms with Gasteiger partial charge in [0.15, 0.2) is 5.78 Å². The highest BCUT2D eigenvalue weighted by Crippen LogP contribution is 2.54. The molecule has 128 valence electrons. The molecule has 1 unspecified atom stereocenters. The van der Waals surface area contributed by atoms with Crippen LogP contribution in [0.3, 0.4) is 0 Å². The van der Waals surface area contributed by atoms with E-state index in [0.29, 0.717) is 0 Å². The highest BCUT2D eigenvalue weighted by molar-refractivity contribution is 7.57. The molecule has 0 aromatic heterocycles. The zero-order valence-electron chi connectivity index (χ0n) is 13.9. The van der Waals surface area contributed by atoms with Crippen molar-refractivity contribution in [1.82, 2.24) is 0 Å². The van der Waals surface area contributed by atoms with Crippen LogP contribution in [0.2, 0.25) is 0 Å². The van der Waals surface area contributed by atoms with Crippen LogP contribution in [-0.4, -0.2) is 37.2 Å². The molecule has 0 heterocycles. The molecule has 0 aliphatic heterocycles. The molecular formula is C16H23O6P. The Morgan fingerprint density at radius 3 is 1.96 bits per heavy atom. The SMILES string of the molecule is CCOC(=O)C(C(=O)c1ccc(C)cc1)P(=O)(OCC)OCC. The second-order valence-electron chi connectivity index (χ2n) is 4.76. The lowest BCUT2D eigenvalue weighted by Gasteiger charge is -2.24. The van der Waals surface area contributed by atoms with E-state index in [1.165, 1.54) is 0 Å². The summed E-state index contributed by atoms with van der Waals surface area (Å²) in [6.45, 7) is 6.88. The average Bonchev–Trinajstić information content (AvgIpc) is 2.48. The second-order valence-corrected chi connectivity index (χ2v) is 6.87. The second kappa shape index (κ2) is 8.96. The van der Waals surface area contributed by atoms with Crippen LogP contribution < -0.4 is 0 Å². The minimum atomic E-state index is -3.97. The number of aryl methyl sites for hydroxylation is 1. The van der Waals surface area contributed by atoms with Gasteiger partial charge in [-0.25, -0.2) is 0 Å². The standard InChI is InChI=1S/C16H23O6P/c1-5-20-16(18)15(23(19,21-6-2)22-7-3)14(17)13-10-8-12(4)9-11-13/h8-11,15H,5-7H2,1-4H3. The molecule has 0 saturated carbocycles. The van der Waals surface area contributed by atoms with Crippen molar-refractivity contribution in [2.45, 2.75) is 33.4 Å². The van der Waals surface area contributed by atoms with E-state index in [2.05, 4.69) is 0 Å². The van der Waals surface area contributed by atoms with Crippen LogP contribution in [0.4, 0.5) is 0 Å². The van der Waals surface area contributed by atoms with Gasteiger partial charge in [0.2, 0.25) is 5.66 Å². The molecule has 1 rings (SSSR count). The number of rotatable bonds is 9. The minimum absolute atomic E-state index is 0.0500. The first-order valence-corrected chi connectivity index (χ1v) is 9.17. The first-order valence-electron chi connectivity index (χ1n) is 7.55. The molecule has 0 aliphatic rings. The fourth-order valence-corrected chi connectivity index (χ4v) is 3.88. The first-order chi connectivity index (χ1) is 10.9. The zero-order valence-corrected chi connectivity index (χ0v) is 14.8. The van der Waals surface area contributed by atoms with Crippen molar-refractivity contribution in [3.8, 4) is 0 Å². The summed E-state index contributed by atoms with van der Waals surface area (Å²) in [4.78, 5) is 25.0. The van der Waals surface area contributed by atoms with Crippen molar-refractivity contribution in [2.75, 3.05) is 19.8 Å². The van der Waals surface area contributed by atoms with E-state index in [1.807, 2.05) is 6.92 Å². The lowest BCUT2D eigenvalue weighted by atomic mass is 10.1. The van der Waals surface area contributed by atoms with Crippen LogP contribution in [0.15, 0.2) is 24.3 Å². The molecular weight excluding hydrogens is 319 g/mol. The number of Topliss-reactive ketones (excluding diaryl/α,β-unsaturated/α-hetero) is 1. The van der Waals surface area contributed by atoms with Crippen molar-refractivity contribution in [3.63, 3.8) is 0 Å². The summed E-state index contributed by atoms with van der Waals surface area (Å²) >= 11 is 0. The van der Waals surface area contributed by atoms with E-state index >= 15 is 0 Å². The summed E-state index contributed by atoms with van der Waals surface area (Å²) < 4.78 is 28.2. The van der Waals surface area contributed by atoms with Gasteiger partial charge in [0.05, 0.1) is 19.8 Å². The van der Waals surface area contributed by atoms with Gasteiger partial charge >= 0.3 is 13.6 Å². The average molecular weight is 342 g/mol. The third kappa shape index (κ3) is 4.99. The van der Waals surface area contributed by atoms with Crippen LogP contribution in [0.1, 0.15) is 36.7 Å². The molecule has 0 spiro atoms. The third-order valence-corrected chi connectivity index (χ3v) is 5.34. The Labute approximate surface area is 136 Å². The quantitative estimate of drug-likeness (QED) is 0.296. The molecule has 1 atom stereocenters. The Kier molecular flexibility index (Phi) is 7.62. The highest BCUT2D eigenvalue weighted by Gasteiger charge is 2.47. The van der Waals surface area contributed by atoms with E-state index in [-0.39, 0.29) is 25.4 Å². The maximum atomic E-state index is 12.9. The van der Waals surface area contributed by atoms with Crippen molar-refractivity contribution < 1.29 is 27.9 Å². The van der Waals surface area contributed by atoms with Crippen LogP contribution >= 0.6 is 7.60 Å². The van der Waals surface area contributed by atoms with E-state index in [4.69, 9.17) is 13.8 Å². The third-order valence-electron chi connectivity index (χ3n) is 3.03. The van der Waals surface area contributed by atoms with E-state index in [1.54, 1.807) is 45.0 Å². The van der Waals surface area contributed by atoms with Crippen molar-refractivity contribution in [2.24, 2.45) is 0 Å². The molecule has 23 heavy (non-hydrogen) atoms. The van der Waals surface area contributed by atoms with Gasteiger partial charge in [-0.15, -0.1) is 0 Å². The lowest BCUT2D eigenvalue weighted by molar-refractivity contribution is -0.142. The number of carbonyl (C=O) groups is 2. The molecule has 6 nitrogen and oxygen atoms in total. The van der Waals surface area contributed by atoms with E-state index in [0.717, 1.165) is 5.56 Å². The normalized spacial score (nSPS) is 12.7. The van der Waals surface area contributed by atoms with E-state index < -0.39 is 25.0 Å². The van der Waals surface area contributed by atoms with Gasteiger partial charge < -0.3 is 13.8 Å². The minimum Gasteiger partial charge on any atom is -0.465 e. The highest BCUT2D eigenvalue weighted by atomic mass is 31.2. The summed E-state index contributed by atoms with van der Waals surface area (Å²) in [5, 5.41) is 0. The summed E-state index contributed by atoms with van der Waals surface area (Å²) in [5.41, 5.74) is -0.398. The van der Waals surface area contributed by atoms with Gasteiger partial charge in [0, 0.05) is 5.56 Å². The van der Waals surface area contributed by atoms with Crippen LogP contribution in [0, 0.1) is 6.92 Å². The molecule has 1 aromatic carbocycles. The molecule has 1 aromatic rings. The number of hydrogen-bond donors (Lipinski definition) is 0. The predicted octanol–water partition coefficient (Wildman–Crippen LogP) is 3.38. The number of hydrogen-bond acceptors (Lipinski definition) is 6. The fourth-order valence-electron chi connectivity index (χ4n) is 2.02. The Morgan fingerprint density at radius 2 is 1.52 bits per heavy atom. The number of carbonyl (C=O) groups excluding carboxylic acids is 2. The summed E-state index contributed by atoms with van der Waals surface area (Å²) in [6.07, 6.45) is 0. The number of ether oxygens (including phenoxy) is 1. The summed E-state index contributed by atoms with van der Waals surface area (Å²) in [7, 11) is -3.97. The zero-order chi connectivity index (χ0) is 17.5. The van der Waals surface area contributed by atoms with Crippen LogP contribution in [0.25, 0.3) is 0 Å². The smallest absolute Gasteiger partial charge is 0.352 e. The topological polar surface area (TPSA) is 78.9 Å². The Hall–Kier alpha value is -1.49. The fraction of sp³-hybridized carbons (Fsp3) is 0.500.